The molecule has 0 aliphatic heterocycles. The highest BCUT2D eigenvalue weighted by Gasteiger charge is 2.19. The highest BCUT2D eigenvalue weighted by molar-refractivity contribution is 6.02. The van der Waals surface area contributed by atoms with Crippen molar-refractivity contribution in [2.24, 2.45) is 0 Å². The molecule has 0 spiro atoms. The van der Waals surface area contributed by atoms with Gasteiger partial charge in [0, 0.05) is 19.1 Å². The third-order valence-corrected chi connectivity index (χ3v) is 3.95. The molecule has 0 N–H and O–H groups in total. The van der Waals surface area contributed by atoms with Crippen LogP contribution in [0.1, 0.15) is 22.3 Å². The molecule has 136 valence electrons. The normalized spacial score (nSPS) is 12.3. The Bertz CT molecular complexity index is 763. The van der Waals surface area contributed by atoms with E-state index in [-0.39, 0.29) is 12.2 Å². The molecule has 0 saturated heterocycles. The van der Waals surface area contributed by atoms with Crippen LogP contribution < -0.4 is 4.74 Å². The molecule has 0 aromatic heterocycles. The van der Waals surface area contributed by atoms with E-state index in [4.69, 9.17) is 14.2 Å². The summed E-state index contributed by atoms with van der Waals surface area (Å²) in [5.74, 6) is 0.136. The van der Waals surface area contributed by atoms with Gasteiger partial charge in [-0.3, -0.25) is 4.79 Å². The van der Waals surface area contributed by atoms with Crippen molar-refractivity contribution in [3.8, 4) is 5.75 Å². The summed E-state index contributed by atoms with van der Waals surface area (Å²) in [6.07, 6.45) is 0.863. The van der Waals surface area contributed by atoms with Crippen LogP contribution in [0.4, 0.5) is 0 Å². The number of methoxy groups -OCH3 is 3. The van der Waals surface area contributed by atoms with E-state index in [9.17, 15) is 9.59 Å². The number of carbonyl (C=O) groups excluding carboxylic acids is 2. The van der Waals surface area contributed by atoms with Gasteiger partial charge in [-0.15, -0.1) is 0 Å². The Morgan fingerprint density at radius 1 is 0.923 bits per heavy atom. The van der Waals surface area contributed by atoms with E-state index in [2.05, 4.69) is 0 Å². The van der Waals surface area contributed by atoms with Crippen molar-refractivity contribution in [3.63, 3.8) is 0 Å². The molecule has 1 atom stereocenters. The highest BCUT2D eigenvalue weighted by atomic mass is 16.6. The minimum atomic E-state index is -0.888. The number of ether oxygens (including phenoxy) is 3. The van der Waals surface area contributed by atoms with Gasteiger partial charge in [-0.1, -0.05) is 42.5 Å². The van der Waals surface area contributed by atoms with Crippen LogP contribution in [0, 0.1) is 0 Å². The Balaban J connectivity index is 2.36. The number of ketones is 1. The first-order valence-electron chi connectivity index (χ1n) is 8.13. The van der Waals surface area contributed by atoms with Crippen molar-refractivity contribution in [2.75, 3.05) is 21.3 Å². The summed E-state index contributed by atoms with van der Waals surface area (Å²) in [6, 6.07) is 16.3. The fraction of sp³-hybridized carbons (Fsp3) is 0.238. The average molecular weight is 354 g/mol. The fourth-order valence-corrected chi connectivity index (χ4v) is 2.49. The van der Waals surface area contributed by atoms with E-state index in [0.717, 1.165) is 5.56 Å². The molecular formula is C21H22O5. The summed E-state index contributed by atoms with van der Waals surface area (Å²) in [4.78, 5) is 24.5. The Kier molecular flexibility index (Phi) is 7.12. The third kappa shape index (κ3) is 5.04. The predicted octanol–water partition coefficient (Wildman–Crippen LogP) is 3.54. The number of esters is 1. The molecule has 5 nitrogen and oxygen atoms in total. The summed E-state index contributed by atoms with van der Waals surface area (Å²) in [5, 5.41) is 0. The van der Waals surface area contributed by atoms with Crippen molar-refractivity contribution in [3.05, 3.63) is 71.8 Å². The zero-order valence-corrected chi connectivity index (χ0v) is 15.1. The Labute approximate surface area is 153 Å². The van der Waals surface area contributed by atoms with Crippen molar-refractivity contribution in [2.45, 2.75) is 12.5 Å². The van der Waals surface area contributed by atoms with Crippen molar-refractivity contribution >= 4 is 17.3 Å². The lowest BCUT2D eigenvalue weighted by Crippen LogP contribution is -2.22. The van der Waals surface area contributed by atoms with E-state index < -0.39 is 12.1 Å². The number of carbonyl (C=O) groups is 2. The topological polar surface area (TPSA) is 61.8 Å². The van der Waals surface area contributed by atoms with Gasteiger partial charge in [0.15, 0.2) is 11.9 Å². The maximum Gasteiger partial charge on any atom is 0.339 e. The minimum Gasteiger partial charge on any atom is -0.497 e. The van der Waals surface area contributed by atoms with Crippen molar-refractivity contribution < 1.29 is 23.8 Å². The fourth-order valence-electron chi connectivity index (χ4n) is 2.49. The summed E-state index contributed by atoms with van der Waals surface area (Å²) in [6.45, 7) is 0. The molecule has 5 heteroatoms. The van der Waals surface area contributed by atoms with E-state index in [1.165, 1.54) is 14.2 Å². The van der Waals surface area contributed by atoms with Crippen molar-refractivity contribution in [1.29, 1.82) is 0 Å². The van der Waals surface area contributed by atoms with Gasteiger partial charge in [0.05, 0.1) is 14.2 Å². The Hall–Kier alpha value is -2.92. The lowest BCUT2D eigenvalue weighted by Gasteiger charge is -2.13. The minimum absolute atomic E-state index is 0.0487. The predicted molar refractivity (Wildman–Crippen MR) is 99.2 cm³/mol. The van der Waals surface area contributed by atoms with Crippen LogP contribution in [0.15, 0.2) is 60.7 Å². The molecule has 26 heavy (non-hydrogen) atoms. The molecule has 0 fully saturated rings. The quantitative estimate of drug-likeness (QED) is 0.536. The molecule has 2 aromatic carbocycles. The lowest BCUT2D eigenvalue weighted by atomic mass is 9.96. The zero-order chi connectivity index (χ0) is 18.9. The molecule has 0 aliphatic rings. The number of benzene rings is 2. The van der Waals surface area contributed by atoms with E-state index in [0.29, 0.717) is 16.9 Å². The van der Waals surface area contributed by atoms with Gasteiger partial charge in [0.25, 0.3) is 0 Å². The molecule has 0 radical (unpaired) electrons. The van der Waals surface area contributed by atoms with Gasteiger partial charge in [-0.2, -0.15) is 0 Å². The third-order valence-electron chi connectivity index (χ3n) is 3.95. The van der Waals surface area contributed by atoms with Crippen LogP contribution >= 0.6 is 0 Å². The molecule has 0 heterocycles. The summed E-state index contributed by atoms with van der Waals surface area (Å²) < 4.78 is 15.1. The van der Waals surface area contributed by atoms with Crippen LogP contribution in [0.25, 0.3) is 5.57 Å². The smallest absolute Gasteiger partial charge is 0.339 e. The van der Waals surface area contributed by atoms with Gasteiger partial charge in [0.2, 0.25) is 0 Å². The van der Waals surface area contributed by atoms with Gasteiger partial charge in [0.1, 0.15) is 5.75 Å². The van der Waals surface area contributed by atoms with Crippen LogP contribution in [0.5, 0.6) is 5.75 Å². The molecule has 0 amide bonds. The molecule has 0 aliphatic carbocycles. The summed E-state index contributed by atoms with van der Waals surface area (Å²) in [5.41, 5.74) is 2.10. The van der Waals surface area contributed by atoms with E-state index in [1.807, 2.05) is 30.3 Å². The number of Topliss-reactive ketones (excluding diaryl/α,β-unsaturated/α-hetero) is 1. The molecule has 0 saturated carbocycles. The number of allylic oxidation sites excluding steroid dienone is 1. The second kappa shape index (κ2) is 9.53. The van der Waals surface area contributed by atoms with E-state index in [1.54, 1.807) is 37.5 Å². The second-order valence-corrected chi connectivity index (χ2v) is 5.57. The zero-order valence-electron chi connectivity index (χ0n) is 15.1. The van der Waals surface area contributed by atoms with Gasteiger partial charge >= 0.3 is 5.97 Å². The van der Waals surface area contributed by atoms with E-state index >= 15 is 0 Å². The molecule has 2 aromatic rings. The largest absolute Gasteiger partial charge is 0.497 e. The first-order chi connectivity index (χ1) is 12.6. The maximum atomic E-state index is 12.6. The van der Waals surface area contributed by atoms with Gasteiger partial charge in [-0.25, -0.2) is 4.79 Å². The lowest BCUT2D eigenvalue weighted by molar-refractivity contribution is -0.149. The molecule has 0 bridgehead atoms. The number of rotatable bonds is 8. The molecule has 2 rings (SSSR count). The van der Waals surface area contributed by atoms with Crippen LogP contribution in [-0.4, -0.2) is 39.2 Å². The Morgan fingerprint density at radius 2 is 1.58 bits per heavy atom. The monoisotopic (exact) mass is 354 g/mol. The average Bonchev–Trinajstić information content (AvgIpc) is 2.71. The Morgan fingerprint density at radius 3 is 2.12 bits per heavy atom. The SMILES string of the molecule is COC(=O)C(/C=C(\CC(=O)c1ccccc1)c1ccc(OC)cc1)OC. The molecular weight excluding hydrogens is 332 g/mol. The highest BCUT2D eigenvalue weighted by Crippen LogP contribution is 2.24. The standard InChI is InChI=1S/C21H22O5/c1-24-18-11-9-15(10-12-18)17(14-20(25-2)21(23)26-3)13-19(22)16-7-5-4-6-8-16/h4-12,14,20H,13H2,1-3H3/b17-14+. The van der Waals surface area contributed by atoms with Crippen LogP contribution in [0.3, 0.4) is 0 Å². The first kappa shape index (κ1) is 19.4. The summed E-state index contributed by atoms with van der Waals surface area (Å²) in [7, 11) is 4.30. The second-order valence-electron chi connectivity index (χ2n) is 5.57. The van der Waals surface area contributed by atoms with Gasteiger partial charge < -0.3 is 14.2 Å². The maximum absolute atomic E-state index is 12.6. The van der Waals surface area contributed by atoms with Crippen LogP contribution in [-0.2, 0) is 14.3 Å². The number of hydrogen-bond acceptors (Lipinski definition) is 5. The number of hydrogen-bond donors (Lipinski definition) is 0. The summed E-state index contributed by atoms with van der Waals surface area (Å²) >= 11 is 0. The molecule has 1 unspecified atom stereocenters. The van der Waals surface area contributed by atoms with Crippen molar-refractivity contribution in [1.82, 2.24) is 0 Å². The van der Waals surface area contributed by atoms with Crippen LogP contribution in [0.2, 0.25) is 0 Å². The first-order valence-corrected chi connectivity index (χ1v) is 8.13. The van der Waals surface area contributed by atoms with Gasteiger partial charge in [-0.05, 0) is 29.3 Å².